The number of hydrogen-bond acceptors (Lipinski definition) is 6. The number of nitrogens with two attached hydrogens (primary N) is 1. The molecular formula is C7H9N5O2S. The largest absolute Gasteiger partial charge is 0.382 e. The van der Waals surface area contributed by atoms with Crippen LogP contribution in [0.15, 0.2) is 6.33 Å². The molecule has 0 aliphatic rings. The van der Waals surface area contributed by atoms with Crippen LogP contribution in [0.5, 0.6) is 0 Å². The Morgan fingerprint density at radius 1 is 1.47 bits per heavy atom. The van der Waals surface area contributed by atoms with Gasteiger partial charge in [0.25, 0.3) is 0 Å². The maximum absolute atomic E-state index is 11.0. The minimum Gasteiger partial charge on any atom is -0.382 e. The van der Waals surface area contributed by atoms with E-state index in [4.69, 9.17) is 5.73 Å². The molecule has 0 radical (unpaired) electrons. The molecule has 80 valence electrons. The normalized spacial score (nSPS) is 12.1. The Balaban J connectivity index is 2.53. The highest BCUT2D eigenvalue weighted by atomic mass is 32.2. The lowest BCUT2D eigenvalue weighted by molar-refractivity contribution is 0.600. The zero-order valence-electron chi connectivity index (χ0n) is 7.93. The maximum atomic E-state index is 11.0. The van der Waals surface area contributed by atoms with Crippen molar-refractivity contribution in [2.24, 2.45) is 0 Å². The van der Waals surface area contributed by atoms with Crippen molar-refractivity contribution in [1.82, 2.24) is 19.9 Å². The van der Waals surface area contributed by atoms with Crippen LogP contribution in [0.2, 0.25) is 0 Å². The summed E-state index contributed by atoms with van der Waals surface area (Å²) in [5.74, 6) is 0.412. The number of sulfone groups is 1. The number of fused-ring (bicyclic) bond motifs is 1. The summed E-state index contributed by atoms with van der Waals surface area (Å²) in [5.41, 5.74) is 6.41. The van der Waals surface area contributed by atoms with Crippen LogP contribution in [0.25, 0.3) is 11.2 Å². The van der Waals surface area contributed by atoms with E-state index in [9.17, 15) is 8.42 Å². The first-order valence-electron chi connectivity index (χ1n) is 4.08. The average Bonchev–Trinajstić information content (AvgIpc) is 2.45. The van der Waals surface area contributed by atoms with Gasteiger partial charge in [-0.15, -0.1) is 0 Å². The Kier molecular flexibility index (Phi) is 2.07. The third kappa shape index (κ3) is 2.04. The second kappa shape index (κ2) is 3.16. The van der Waals surface area contributed by atoms with Crippen LogP contribution in [0.1, 0.15) is 5.82 Å². The number of aromatic amines is 1. The number of imidazole rings is 1. The summed E-state index contributed by atoms with van der Waals surface area (Å²) in [6.07, 6.45) is 2.41. The number of rotatable bonds is 2. The molecule has 0 aromatic carbocycles. The average molecular weight is 227 g/mol. The first-order valence-corrected chi connectivity index (χ1v) is 6.14. The Morgan fingerprint density at radius 3 is 2.80 bits per heavy atom. The van der Waals surface area contributed by atoms with E-state index in [0.717, 1.165) is 6.26 Å². The molecule has 2 aromatic heterocycles. The molecule has 0 amide bonds. The second-order valence-electron chi connectivity index (χ2n) is 3.21. The van der Waals surface area contributed by atoms with Crippen molar-refractivity contribution in [3.63, 3.8) is 0 Å². The number of hydrogen-bond donors (Lipinski definition) is 2. The number of aromatic nitrogens is 4. The van der Waals surface area contributed by atoms with Gasteiger partial charge in [-0.1, -0.05) is 0 Å². The minimum atomic E-state index is -3.12. The third-order valence-electron chi connectivity index (χ3n) is 1.77. The van der Waals surface area contributed by atoms with Crippen molar-refractivity contribution in [2.75, 3.05) is 12.0 Å². The summed E-state index contributed by atoms with van der Waals surface area (Å²) in [7, 11) is -3.12. The number of anilines is 1. The Bertz CT molecular complexity index is 603. The standard InChI is InChI=1S/C7H9N5O2S/c1-15(13,14)2-4-11-5-6(8)9-3-10-7(5)12-4/h3H,2H2,1H3,(H3,8,9,10,11,12). The van der Waals surface area contributed by atoms with Crippen LogP contribution in [0.3, 0.4) is 0 Å². The molecule has 0 aliphatic carbocycles. The lowest BCUT2D eigenvalue weighted by atomic mass is 10.5. The van der Waals surface area contributed by atoms with Crippen molar-refractivity contribution in [1.29, 1.82) is 0 Å². The number of nitrogen functional groups attached to an aromatic ring is 1. The number of H-pyrrole nitrogens is 1. The first kappa shape index (κ1) is 9.84. The fourth-order valence-corrected chi connectivity index (χ4v) is 1.84. The Morgan fingerprint density at radius 2 is 2.20 bits per heavy atom. The summed E-state index contributed by atoms with van der Waals surface area (Å²) >= 11 is 0. The van der Waals surface area contributed by atoms with E-state index in [2.05, 4.69) is 19.9 Å². The summed E-state index contributed by atoms with van der Waals surface area (Å²) in [6.45, 7) is 0. The van der Waals surface area contributed by atoms with Crippen molar-refractivity contribution >= 4 is 26.8 Å². The SMILES string of the molecule is CS(=O)(=O)Cc1nc2ncnc(N)c2[nH]1. The van der Waals surface area contributed by atoms with Gasteiger partial charge in [0.05, 0.1) is 0 Å². The molecular weight excluding hydrogens is 218 g/mol. The maximum Gasteiger partial charge on any atom is 0.183 e. The van der Waals surface area contributed by atoms with Gasteiger partial charge >= 0.3 is 0 Å². The van der Waals surface area contributed by atoms with Crippen LogP contribution in [0, 0.1) is 0 Å². The van der Waals surface area contributed by atoms with Gasteiger partial charge in [-0.05, 0) is 0 Å². The predicted octanol–water partition coefficient (Wildman–Crippen LogP) is -0.520. The molecule has 0 saturated carbocycles. The lowest BCUT2D eigenvalue weighted by Gasteiger charge is -1.91. The van der Waals surface area contributed by atoms with Crippen LogP contribution >= 0.6 is 0 Å². The van der Waals surface area contributed by atoms with Crippen LogP contribution in [-0.2, 0) is 15.6 Å². The van der Waals surface area contributed by atoms with Gasteiger partial charge in [-0.25, -0.2) is 23.4 Å². The monoisotopic (exact) mass is 227 g/mol. The van der Waals surface area contributed by atoms with E-state index in [-0.39, 0.29) is 11.6 Å². The van der Waals surface area contributed by atoms with E-state index in [1.54, 1.807) is 0 Å². The molecule has 0 atom stereocenters. The lowest BCUT2D eigenvalue weighted by Crippen LogP contribution is -2.02. The van der Waals surface area contributed by atoms with Gasteiger partial charge in [0.15, 0.2) is 21.3 Å². The van der Waals surface area contributed by atoms with Gasteiger partial charge in [0.1, 0.15) is 23.4 Å². The second-order valence-corrected chi connectivity index (χ2v) is 5.35. The molecule has 0 unspecified atom stereocenters. The molecule has 7 nitrogen and oxygen atoms in total. The highest BCUT2D eigenvalue weighted by molar-refractivity contribution is 7.89. The molecule has 0 fully saturated rings. The molecule has 8 heteroatoms. The summed E-state index contributed by atoms with van der Waals surface area (Å²) < 4.78 is 22.1. The molecule has 2 rings (SSSR count). The van der Waals surface area contributed by atoms with E-state index in [1.165, 1.54) is 6.33 Å². The number of nitrogens with one attached hydrogen (secondary N) is 1. The highest BCUT2D eigenvalue weighted by Crippen LogP contribution is 2.14. The van der Waals surface area contributed by atoms with Gasteiger partial charge in [0, 0.05) is 6.26 Å². The van der Waals surface area contributed by atoms with Gasteiger partial charge in [-0.3, -0.25) is 0 Å². The zero-order valence-corrected chi connectivity index (χ0v) is 8.74. The van der Waals surface area contributed by atoms with Crippen LogP contribution < -0.4 is 5.73 Å². The summed E-state index contributed by atoms with van der Waals surface area (Å²) in [5, 5.41) is 0. The van der Waals surface area contributed by atoms with E-state index in [1.807, 2.05) is 0 Å². The van der Waals surface area contributed by atoms with Gasteiger partial charge in [0.2, 0.25) is 0 Å². The molecule has 2 aromatic rings. The molecule has 0 bridgehead atoms. The van der Waals surface area contributed by atoms with Gasteiger partial charge in [-0.2, -0.15) is 0 Å². The number of nitrogens with zero attached hydrogens (tertiary/aromatic N) is 3. The van der Waals surface area contributed by atoms with Crippen molar-refractivity contribution in [3.05, 3.63) is 12.2 Å². The molecule has 2 heterocycles. The van der Waals surface area contributed by atoms with Crippen LogP contribution in [0.4, 0.5) is 5.82 Å². The van der Waals surface area contributed by atoms with E-state index in [0.29, 0.717) is 17.0 Å². The third-order valence-corrected chi connectivity index (χ3v) is 2.56. The highest BCUT2D eigenvalue weighted by Gasteiger charge is 2.11. The summed E-state index contributed by atoms with van der Waals surface area (Å²) in [6, 6.07) is 0. The predicted molar refractivity (Wildman–Crippen MR) is 54.6 cm³/mol. The Labute approximate surface area is 85.7 Å². The fourth-order valence-electron chi connectivity index (χ4n) is 1.21. The van der Waals surface area contributed by atoms with Crippen LogP contribution in [-0.4, -0.2) is 34.6 Å². The quantitative estimate of drug-likeness (QED) is 0.713. The van der Waals surface area contributed by atoms with Gasteiger partial charge < -0.3 is 10.7 Å². The van der Waals surface area contributed by atoms with Crippen molar-refractivity contribution < 1.29 is 8.42 Å². The topological polar surface area (TPSA) is 115 Å². The minimum absolute atomic E-state index is 0.164. The van der Waals surface area contributed by atoms with E-state index >= 15 is 0 Å². The van der Waals surface area contributed by atoms with Crippen molar-refractivity contribution in [3.8, 4) is 0 Å². The Hall–Kier alpha value is -1.70. The summed E-state index contributed by atoms with van der Waals surface area (Å²) in [4.78, 5) is 14.4. The molecule has 0 aliphatic heterocycles. The smallest absolute Gasteiger partial charge is 0.183 e. The molecule has 0 saturated heterocycles. The molecule has 0 spiro atoms. The first-order chi connectivity index (χ1) is 6.96. The zero-order chi connectivity index (χ0) is 11.1. The molecule has 15 heavy (non-hydrogen) atoms. The van der Waals surface area contributed by atoms with Crippen molar-refractivity contribution in [2.45, 2.75) is 5.75 Å². The molecule has 3 N–H and O–H groups in total. The fraction of sp³-hybridized carbons (Fsp3) is 0.286. The van der Waals surface area contributed by atoms with E-state index < -0.39 is 9.84 Å².